The smallest absolute Gasteiger partial charge is 0.407 e. The molecule has 0 radical (unpaired) electrons. The summed E-state index contributed by atoms with van der Waals surface area (Å²) >= 11 is 0. The molecule has 0 aliphatic carbocycles. The van der Waals surface area contributed by atoms with Crippen molar-refractivity contribution in [2.45, 2.75) is 45.8 Å². The largest absolute Gasteiger partial charge is 0.447 e. The Hall–Kier alpha value is -1.26. The second-order valence-electron chi connectivity index (χ2n) is 4.91. The Morgan fingerprint density at radius 3 is 2.50 bits per heavy atom. The molecule has 16 heavy (non-hydrogen) atoms. The average Bonchev–Trinajstić information content (AvgIpc) is 2.81. The summed E-state index contributed by atoms with van der Waals surface area (Å²) in [5.74, 6) is -0.141. The molecule has 1 aliphatic heterocycles. The number of rotatable bonds is 4. The first-order valence-electron chi connectivity index (χ1n) is 5.51. The molecule has 1 rings (SSSR count). The van der Waals surface area contributed by atoms with Crippen LogP contribution in [0.3, 0.4) is 0 Å². The van der Waals surface area contributed by atoms with Crippen molar-refractivity contribution in [3.05, 3.63) is 0 Å². The number of alkyl carbamates (subject to hydrolysis) is 1. The second kappa shape index (κ2) is 4.72. The number of hydrogen-bond donors (Lipinski definition) is 1. The third-order valence-corrected chi connectivity index (χ3v) is 2.28. The molecule has 2 unspecified atom stereocenters. The quantitative estimate of drug-likeness (QED) is 0.741. The monoisotopic (exact) mass is 229 g/mol. The number of carbonyl (C=O) groups excluding carboxylic acids is 2. The van der Waals surface area contributed by atoms with Crippen molar-refractivity contribution < 1.29 is 19.1 Å². The molecular weight excluding hydrogens is 210 g/mol. The van der Waals surface area contributed by atoms with Gasteiger partial charge in [0.25, 0.3) is 0 Å². The number of ether oxygens (including phenoxy) is 2. The molecule has 0 aromatic heterocycles. The van der Waals surface area contributed by atoms with Gasteiger partial charge in [-0.2, -0.15) is 0 Å². The van der Waals surface area contributed by atoms with E-state index in [0.717, 1.165) is 6.42 Å². The van der Waals surface area contributed by atoms with Crippen LogP contribution >= 0.6 is 0 Å². The molecule has 2 atom stereocenters. The van der Waals surface area contributed by atoms with Gasteiger partial charge in [-0.05, 0) is 27.2 Å². The van der Waals surface area contributed by atoms with Crippen molar-refractivity contribution in [3.63, 3.8) is 0 Å². The van der Waals surface area contributed by atoms with E-state index >= 15 is 0 Å². The van der Waals surface area contributed by atoms with Crippen molar-refractivity contribution in [3.8, 4) is 0 Å². The molecule has 0 bridgehead atoms. The third kappa shape index (κ3) is 4.08. The van der Waals surface area contributed by atoms with Crippen molar-refractivity contribution in [2.24, 2.45) is 5.92 Å². The summed E-state index contributed by atoms with van der Waals surface area (Å²) in [6.45, 7) is 7.77. The maximum Gasteiger partial charge on any atom is 0.407 e. The summed E-state index contributed by atoms with van der Waals surface area (Å²) < 4.78 is 9.86. The minimum absolute atomic E-state index is 0.0417. The van der Waals surface area contributed by atoms with Gasteiger partial charge in [-0.3, -0.25) is 0 Å². The van der Waals surface area contributed by atoms with Gasteiger partial charge >= 0.3 is 12.1 Å². The van der Waals surface area contributed by atoms with Crippen LogP contribution in [0.2, 0.25) is 0 Å². The summed E-state index contributed by atoms with van der Waals surface area (Å²) in [6, 6.07) is 0. The predicted molar refractivity (Wildman–Crippen MR) is 57.9 cm³/mol. The highest BCUT2D eigenvalue weighted by molar-refractivity contribution is 5.87. The van der Waals surface area contributed by atoms with Gasteiger partial charge in [-0.15, -0.1) is 0 Å². The van der Waals surface area contributed by atoms with Gasteiger partial charge in [0.05, 0.1) is 0 Å². The average molecular weight is 229 g/mol. The molecule has 1 heterocycles. The summed E-state index contributed by atoms with van der Waals surface area (Å²) in [7, 11) is 0. The van der Waals surface area contributed by atoms with E-state index in [0.29, 0.717) is 6.54 Å². The fourth-order valence-electron chi connectivity index (χ4n) is 1.37. The standard InChI is InChI=1S/C11H19NO4/c1-5-7(8-9(13)15-8)6-12-10(14)16-11(2,3)4/h7-8H,5-6H2,1-4H3,(H,12,14). The van der Waals surface area contributed by atoms with Crippen LogP contribution in [0, 0.1) is 5.92 Å². The van der Waals surface area contributed by atoms with Gasteiger partial charge in [0.1, 0.15) is 5.60 Å². The second-order valence-corrected chi connectivity index (χ2v) is 4.91. The van der Waals surface area contributed by atoms with Crippen LogP contribution in [0.4, 0.5) is 4.79 Å². The zero-order valence-corrected chi connectivity index (χ0v) is 10.2. The summed E-state index contributed by atoms with van der Waals surface area (Å²) in [4.78, 5) is 22.1. The number of nitrogens with one attached hydrogen (secondary N) is 1. The number of epoxide rings is 1. The molecule has 0 aromatic rings. The van der Waals surface area contributed by atoms with Crippen LogP contribution in [-0.4, -0.2) is 30.3 Å². The zero-order chi connectivity index (χ0) is 12.3. The number of carbonyl (C=O) groups is 2. The van der Waals surface area contributed by atoms with Crippen molar-refractivity contribution in [1.29, 1.82) is 0 Å². The minimum atomic E-state index is -0.502. The van der Waals surface area contributed by atoms with E-state index in [1.54, 1.807) is 20.8 Å². The Kier molecular flexibility index (Phi) is 3.78. The topological polar surface area (TPSA) is 67.9 Å². The molecule has 1 amide bonds. The minimum Gasteiger partial charge on any atom is -0.447 e. The molecule has 0 aromatic carbocycles. The van der Waals surface area contributed by atoms with Crippen LogP contribution in [0.1, 0.15) is 34.1 Å². The zero-order valence-electron chi connectivity index (χ0n) is 10.2. The first kappa shape index (κ1) is 12.8. The van der Waals surface area contributed by atoms with Crippen LogP contribution in [0.5, 0.6) is 0 Å². The van der Waals surface area contributed by atoms with E-state index < -0.39 is 11.7 Å². The van der Waals surface area contributed by atoms with E-state index in [2.05, 4.69) is 5.32 Å². The molecule has 0 spiro atoms. The summed E-state index contributed by atoms with van der Waals surface area (Å²) in [5, 5.41) is 2.64. The number of hydrogen-bond acceptors (Lipinski definition) is 4. The number of cyclic esters (lactones) is 1. The van der Waals surface area contributed by atoms with Crippen LogP contribution < -0.4 is 5.32 Å². The van der Waals surface area contributed by atoms with Gasteiger partial charge in [-0.25, -0.2) is 9.59 Å². The van der Waals surface area contributed by atoms with Crippen molar-refractivity contribution in [2.75, 3.05) is 6.54 Å². The number of amides is 1. The van der Waals surface area contributed by atoms with Gasteiger partial charge in [0.15, 0.2) is 0 Å². The Morgan fingerprint density at radius 2 is 2.12 bits per heavy atom. The molecule has 1 aliphatic rings. The molecule has 5 nitrogen and oxygen atoms in total. The Bertz CT molecular complexity index is 282. The highest BCUT2D eigenvalue weighted by Crippen LogP contribution is 2.24. The van der Waals surface area contributed by atoms with Crippen LogP contribution in [0.15, 0.2) is 0 Å². The van der Waals surface area contributed by atoms with Gasteiger partial charge < -0.3 is 14.8 Å². The Labute approximate surface area is 95.5 Å². The normalized spacial score (nSPS) is 21.0. The molecule has 92 valence electrons. The molecule has 0 saturated carbocycles. The summed E-state index contributed by atoms with van der Waals surface area (Å²) in [6.07, 6.45) is -0.00867. The van der Waals surface area contributed by atoms with Crippen molar-refractivity contribution in [1.82, 2.24) is 5.32 Å². The lowest BCUT2D eigenvalue weighted by Gasteiger charge is -2.20. The van der Waals surface area contributed by atoms with E-state index in [1.165, 1.54) is 0 Å². The van der Waals surface area contributed by atoms with E-state index in [9.17, 15) is 9.59 Å². The van der Waals surface area contributed by atoms with E-state index in [-0.39, 0.29) is 18.0 Å². The Morgan fingerprint density at radius 1 is 1.56 bits per heavy atom. The van der Waals surface area contributed by atoms with Crippen molar-refractivity contribution >= 4 is 12.1 Å². The fraction of sp³-hybridized carbons (Fsp3) is 0.818. The first-order valence-corrected chi connectivity index (χ1v) is 5.51. The molecular formula is C11H19NO4. The fourth-order valence-corrected chi connectivity index (χ4v) is 1.37. The lowest BCUT2D eigenvalue weighted by atomic mass is 10.0. The van der Waals surface area contributed by atoms with E-state index in [4.69, 9.17) is 9.47 Å². The highest BCUT2D eigenvalue weighted by Gasteiger charge is 2.44. The van der Waals surface area contributed by atoms with Crippen LogP contribution in [0.25, 0.3) is 0 Å². The predicted octanol–water partition coefficient (Wildman–Crippen LogP) is 1.46. The Balaban J connectivity index is 2.27. The molecule has 1 fully saturated rings. The van der Waals surface area contributed by atoms with Crippen LogP contribution in [-0.2, 0) is 14.3 Å². The maximum absolute atomic E-state index is 11.3. The lowest BCUT2D eigenvalue weighted by Crippen LogP contribution is -2.36. The third-order valence-electron chi connectivity index (χ3n) is 2.28. The van der Waals surface area contributed by atoms with E-state index in [1.807, 2.05) is 6.92 Å². The van der Waals surface area contributed by atoms with Gasteiger partial charge in [-0.1, -0.05) is 6.92 Å². The molecule has 1 N–H and O–H groups in total. The summed E-state index contributed by atoms with van der Waals surface area (Å²) in [5.41, 5.74) is -0.502. The molecule has 1 saturated heterocycles. The first-order chi connectivity index (χ1) is 7.33. The lowest BCUT2D eigenvalue weighted by molar-refractivity contribution is -0.117. The van der Waals surface area contributed by atoms with Gasteiger partial charge in [0, 0.05) is 12.5 Å². The SMILES string of the molecule is CCC(CNC(=O)OC(C)(C)C)C1OC1=O. The maximum atomic E-state index is 11.3. The highest BCUT2D eigenvalue weighted by atomic mass is 16.6. The molecule has 5 heteroatoms. The van der Waals surface area contributed by atoms with Gasteiger partial charge in [0.2, 0.25) is 6.10 Å².